The summed E-state index contributed by atoms with van der Waals surface area (Å²) in [6.45, 7) is 3.45. The molecule has 0 radical (unpaired) electrons. The first-order chi connectivity index (χ1) is 10.5. The zero-order valence-electron chi connectivity index (χ0n) is 12.9. The first-order valence-electron chi connectivity index (χ1n) is 8.36. The van der Waals surface area contributed by atoms with E-state index in [1.165, 1.54) is 0 Å². The molecule has 6 atom stereocenters. The third-order valence-corrected chi connectivity index (χ3v) is 5.92. The third-order valence-electron chi connectivity index (χ3n) is 5.92. The van der Waals surface area contributed by atoms with E-state index >= 15 is 0 Å². The van der Waals surface area contributed by atoms with Crippen LogP contribution in [0.25, 0.3) is 0 Å². The summed E-state index contributed by atoms with van der Waals surface area (Å²) in [6.07, 6.45) is 1.72. The van der Waals surface area contributed by atoms with Gasteiger partial charge >= 0.3 is 0 Å². The second kappa shape index (κ2) is 5.18. The zero-order chi connectivity index (χ0) is 15.4. The number of hydrogen-bond acceptors (Lipinski definition) is 4. The second-order valence-electron chi connectivity index (χ2n) is 7.29. The van der Waals surface area contributed by atoms with Crippen molar-refractivity contribution in [3.63, 3.8) is 0 Å². The summed E-state index contributed by atoms with van der Waals surface area (Å²) in [4.78, 5) is 14.6. The summed E-state index contributed by atoms with van der Waals surface area (Å²) in [7, 11) is 0. The van der Waals surface area contributed by atoms with Gasteiger partial charge in [0.1, 0.15) is 0 Å². The van der Waals surface area contributed by atoms with E-state index in [1.54, 1.807) is 6.07 Å². The van der Waals surface area contributed by atoms with Gasteiger partial charge < -0.3 is 14.8 Å². The van der Waals surface area contributed by atoms with Gasteiger partial charge in [0, 0.05) is 42.9 Å². The summed E-state index contributed by atoms with van der Waals surface area (Å²) in [5.74, 6) is 0.753. The van der Waals surface area contributed by atoms with E-state index in [-0.39, 0.29) is 23.7 Å². The van der Waals surface area contributed by atoms with Gasteiger partial charge in [-0.3, -0.25) is 9.69 Å². The number of rotatable bonds is 1. The van der Waals surface area contributed by atoms with Crippen molar-refractivity contribution in [3.8, 4) is 0 Å². The molecule has 0 aromatic carbocycles. The molecule has 2 fully saturated rings. The highest BCUT2D eigenvalue weighted by atomic mass is 16.3. The number of nitrogens with zero attached hydrogens (tertiary/aromatic N) is 2. The first-order valence-corrected chi connectivity index (χ1v) is 8.36. The highest BCUT2D eigenvalue weighted by Crippen LogP contribution is 2.43. The Morgan fingerprint density at radius 1 is 1.23 bits per heavy atom. The summed E-state index contributed by atoms with van der Waals surface area (Å²) in [5, 5.41) is 20.3. The topological polar surface area (TPSA) is 65.7 Å². The predicted molar refractivity (Wildman–Crippen MR) is 82.8 cm³/mol. The van der Waals surface area contributed by atoms with Gasteiger partial charge in [0.2, 0.25) is 0 Å². The van der Waals surface area contributed by atoms with E-state index in [2.05, 4.69) is 11.0 Å². The van der Waals surface area contributed by atoms with E-state index in [4.69, 9.17) is 0 Å². The molecular weight excluding hydrogens is 280 g/mol. The van der Waals surface area contributed by atoms with Crippen LogP contribution in [0.3, 0.4) is 0 Å². The Kier molecular flexibility index (Phi) is 3.40. The van der Waals surface area contributed by atoms with Gasteiger partial charge in [-0.05, 0) is 38.2 Å². The number of aromatic nitrogens is 1. The molecule has 1 aromatic heterocycles. The third kappa shape index (κ3) is 2.14. The van der Waals surface area contributed by atoms with Crippen LogP contribution in [0, 0.1) is 5.92 Å². The Morgan fingerprint density at radius 3 is 2.82 bits per heavy atom. The molecule has 2 saturated heterocycles. The minimum absolute atomic E-state index is 0.0287. The standard InChI is InChI=1S/C17H24N2O3/c1-10(20)15-6-13(21)7-16-12-5-11(8-18(15)16)14-3-2-4-17(22)19(14)9-12/h2-4,10-13,15-16,20-21H,5-9H2,1H3/t10?,11-,12+,13+,15+,16-/m1/s1. The fraction of sp³-hybridized carbons (Fsp3) is 0.706. The van der Waals surface area contributed by atoms with Crippen molar-refractivity contribution in [2.24, 2.45) is 5.92 Å². The molecule has 3 aliphatic heterocycles. The smallest absolute Gasteiger partial charge is 0.250 e. The summed E-state index contributed by atoms with van der Waals surface area (Å²) < 4.78 is 1.93. The average molecular weight is 304 g/mol. The Hall–Kier alpha value is -1.17. The summed E-state index contributed by atoms with van der Waals surface area (Å²) >= 11 is 0. The van der Waals surface area contributed by atoms with Crippen LogP contribution >= 0.6 is 0 Å². The monoisotopic (exact) mass is 304 g/mol. The lowest BCUT2D eigenvalue weighted by Crippen LogP contribution is -2.62. The van der Waals surface area contributed by atoms with Crippen LogP contribution in [-0.4, -0.2) is 50.5 Å². The van der Waals surface area contributed by atoms with Gasteiger partial charge in [-0.2, -0.15) is 0 Å². The van der Waals surface area contributed by atoms with Crippen LogP contribution < -0.4 is 5.56 Å². The maximum atomic E-state index is 12.2. The molecule has 2 N–H and O–H groups in total. The van der Waals surface area contributed by atoms with Crippen LogP contribution in [-0.2, 0) is 6.54 Å². The zero-order valence-corrected chi connectivity index (χ0v) is 12.9. The van der Waals surface area contributed by atoms with Crippen LogP contribution in [0.5, 0.6) is 0 Å². The van der Waals surface area contributed by atoms with Gasteiger partial charge in [0.15, 0.2) is 0 Å². The van der Waals surface area contributed by atoms with E-state index in [0.29, 0.717) is 18.3 Å². The van der Waals surface area contributed by atoms with Crippen molar-refractivity contribution in [1.29, 1.82) is 0 Å². The Morgan fingerprint density at radius 2 is 2.05 bits per heavy atom. The summed E-state index contributed by atoms with van der Waals surface area (Å²) in [5.41, 5.74) is 1.22. The number of fused-ring (bicyclic) bond motifs is 6. The van der Waals surface area contributed by atoms with Gasteiger partial charge in [0.25, 0.3) is 5.56 Å². The second-order valence-corrected chi connectivity index (χ2v) is 7.29. The van der Waals surface area contributed by atoms with Crippen LogP contribution in [0.1, 0.15) is 37.8 Å². The molecule has 4 heterocycles. The lowest BCUT2D eigenvalue weighted by Gasteiger charge is -2.55. The fourth-order valence-electron chi connectivity index (χ4n) is 4.96. The maximum absolute atomic E-state index is 12.2. The molecule has 0 spiro atoms. The number of aliphatic hydroxyl groups excluding tert-OH is 2. The van der Waals surface area contributed by atoms with Crippen molar-refractivity contribution >= 4 is 0 Å². The molecule has 0 amide bonds. The molecular formula is C17H24N2O3. The van der Waals surface area contributed by atoms with Gasteiger partial charge in [-0.1, -0.05) is 6.07 Å². The van der Waals surface area contributed by atoms with Crippen molar-refractivity contribution in [2.75, 3.05) is 6.54 Å². The minimum Gasteiger partial charge on any atom is -0.393 e. The lowest BCUT2D eigenvalue weighted by molar-refractivity contribution is -0.0898. The van der Waals surface area contributed by atoms with Crippen LogP contribution in [0.4, 0.5) is 0 Å². The number of aliphatic hydroxyl groups is 2. The minimum atomic E-state index is -0.436. The normalized spacial score (nSPS) is 39.0. The van der Waals surface area contributed by atoms with E-state index in [1.807, 2.05) is 17.6 Å². The quantitative estimate of drug-likeness (QED) is 0.795. The average Bonchev–Trinajstić information content (AvgIpc) is 2.48. The van der Waals surface area contributed by atoms with Crippen molar-refractivity contribution < 1.29 is 10.2 Å². The van der Waals surface area contributed by atoms with E-state index in [9.17, 15) is 15.0 Å². The van der Waals surface area contributed by atoms with Crippen molar-refractivity contribution in [3.05, 3.63) is 34.2 Å². The lowest BCUT2D eigenvalue weighted by atomic mass is 9.73. The molecule has 1 aromatic rings. The SMILES string of the molecule is CC(O)[C@@H]1C[C@H](O)C[C@@H]2[C@H]3C[C@H](CN21)c1cccc(=O)n1C3. The number of piperidine rings is 2. The molecule has 5 nitrogen and oxygen atoms in total. The molecule has 5 heteroatoms. The molecule has 0 saturated carbocycles. The van der Waals surface area contributed by atoms with E-state index < -0.39 is 6.10 Å². The van der Waals surface area contributed by atoms with Crippen molar-refractivity contribution in [2.45, 2.75) is 62.9 Å². The Labute approximate surface area is 130 Å². The Bertz CT molecular complexity index is 627. The molecule has 1 unspecified atom stereocenters. The number of hydrogen-bond donors (Lipinski definition) is 2. The fourth-order valence-corrected chi connectivity index (χ4v) is 4.96. The first kappa shape index (κ1) is 14.4. The van der Waals surface area contributed by atoms with Crippen LogP contribution in [0.15, 0.2) is 23.0 Å². The van der Waals surface area contributed by atoms with Gasteiger partial charge in [0.05, 0.1) is 12.2 Å². The molecule has 3 aliphatic rings. The highest BCUT2D eigenvalue weighted by molar-refractivity contribution is 5.19. The summed E-state index contributed by atoms with van der Waals surface area (Å²) in [6, 6.07) is 5.86. The number of pyridine rings is 1. The molecule has 22 heavy (non-hydrogen) atoms. The molecule has 120 valence electrons. The molecule has 4 rings (SSSR count). The largest absolute Gasteiger partial charge is 0.393 e. The predicted octanol–water partition coefficient (Wildman–Crippen LogP) is 0.540. The maximum Gasteiger partial charge on any atom is 0.250 e. The highest BCUT2D eigenvalue weighted by Gasteiger charge is 2.47. The molecule has 2 bridgehead atoms. The Balaban J connectivity index is 1.72. The molecule has 0 aliphatic carbocycles. The van der Waals surface area contributed by atoms with Gasteiger partial charge in [-0.15, -0.1) is 0 Å². The van der Waals surface area contributed by atoms with Crippen LogP contribution in [0.2, 0.25) is 0 Å². The van der Waals surface area contributed by atoms with Gasteiger partial charge in [-0.25, -0.2) is 0 Å². The van der Waals surface area contributed by atoms with E-state index in [0.717, 1.165) is 31.6 Å². The van der Waals surface area contributed by atoms with Crippen molar-refractivity contribution in [1.82, 2.24) is 9.47 Å².